The van der Waals surface area contributed by atoms with Gasteiger partial charge in [0.25, 0.3) is 5.91 Å². The van der Waals surface area contributed by atoms with E-state index in [0.717, 1.165) is 5.06 Å². The second kappa shape index (κ2) is 5.03. The fraction of sp³-hybridized carbons (Fsp3) is 0.429. The highest BCUT2D eigenvalue weighted by Gasteiger charge is 2.45. The molecule has 1 amide bonds. The molecule has 2 rings (SSSR count). The minimum atomic E-state index is -0.885. The number of rotatable bonds is 3. The molecule has 0 bridgehead atoms. The summed E-state index contributed by atoms with van der Waals surface area (Å²) in [6.07, 6.45) is 2.84. The van der Waals surface area contributed by atoms with E-state index in [1.165, 1.54) is 6.34 Å². The van der Waals surface area contributed by atoms with Gasteiger partial charge in [-0.15, -0.1) is 5.06 Å². The van der Waals surface area contributed by atoms with Crippen molar-refractivity contribution in [3.8, 4) is 0 Å². The Labute approximate surface area is 117 Å². The first-order valence-electron chi connectivity index (χ1n) is 6.39. The third kappa shape index (κ3) is 2.29. The summed E-state index contributed by atoms with van der Waals surface area (Å²) in [5, 5.41) is 0.898. The van der Waals surface area contributed by atoms with Crippen molar-refractivity contribution in [2.75, 3.05) is 0 Å². The van der Waals surface area contributed by atoms with Crippen molar-refractivity contribution >= 4 is 18.2 Å². The minimum Gasteiger partial charge on any atom is -0.327 e. The normalized spacial score (nSPS) is 21.6. The van der Waals surface area contributed by atoms with Gasteiger partial charge < -0.3 is 4.84 Å². The summed E-state index contributed by atoms with van der Waals surface area (Å²) in [7, 11) is 0. The average Bonchev–Trinajstić information content (AvgIpc) is 2.69. The predicted molar refractivity (Wildman–Crippen MR) is 73.0 cm³/mol. The lowest BCUT2D eigenvalue weighted by Crippen LogP contribution is -2.43. The van der Waals surface area contributed by atoms with Crippen LogP contribution in [0, 0.1) is 12.8 Å². The van der Waals surface area contributed by atoms with E-state index in [4.69, 9.17) is 4.84 Å². The topological polar surface area (TPSA) is 71.9 Å². The Bertz CT molecular complexity index is 583. The molecule has 1 aliphatic heterocycles. The van der Waals surface area contributed by atoms with Gasteiger partial charge >= 0.3 is 5.97 Å². The number of carbonyl (C=O) groups is 2. The van der Waals surface area contributed by atoms with Crippen LogP contribution in [-0.2, 0) is 9.63 Å². The highest BCUT2D eigenvalue weighted by atomic mass is 16.7. The molecular formula is C14H17N3O3. The SMILES string of the molecule is Cc1ncccc1C(=O)ON1C=N[C@](C)(C(C)C)C1=O. The largest absolute Gasteiger partial charge is 0.365 e. The zero-order valence-corrected chi connectivity index (χ0v) is 12.0. The Morgan fingerprint density at radius 1 is 1.45 bits per heavy atom. The lowest BCUT2D eigenvalue weighted by atomic mass is 9.89. The molecule has 6 nitrogen and oxygen atoms in total. The molecule has 2 heterocycles. The predicted octanol–water partition coefficient (Wildman–Crippen LogP) is 1.75. The van der Waals surface area contributed by atoms with Gasteiger partial charge in [0.2, 0.25) is 0 Å². The van der Waals surface area contributed by atoms with Crippen molar-refractivity contribution in [1.29, 1.82) is 0 Å². The maximum absolute atomic E-state index is 12.2. The maximum Gasteiger partial charge on any atom is 0.365 e. The number of hydrogen-bond acceptors (Lipinski definition) is 5. The fourth-order valence-corrected chi connectivity index (χ4v) is 1.80. The van der Waals surface area contributed by atoms with Crippen LogP contribution in [0.25, 0.3) is 0 Å². The molecule has 6 heteroatoms. The standard InChI is InChI=1S/C14H17N3O3/c1-9(2)14(4)13(19)17(8-16-14)20-12(18)11-6-5-7-15-10(11)3/h5-9H,1-4H3/t14-/m1/s1. The lowest BCUT2D eigenvalue weighted by molar-refractivity contribution is -0.153. The highest BCUT2D eigenvalue weighted by Crippen LogP contribution is 2.28. The van der Waals surface area contributed by atoms with Gasteiger partial charge in [0, 0.05) is 6.20 Å². The highest BCUT2D eigenvalue weighted by molar-refractivity contribution is 6.01. The average molecular weight is 275 g/mol. The quantitative estimate of drug-likeness (QED) is 0.842. The molecule has 1 atom stereocenters. The lowest BCUT2D eigenvalue weighted by Gasteiger charge is -2.24. The van der Waals surface area contributed by atoms with Crippen molar-refractivity contribution in [2.24, 2.45) is 10.9 Å². The number of hydrogen-bond donors (Lipinski definition) is 0. The summed E-state index contributed by atoms with van der Waals surface area (Å²) in [5.41, 5.74) is -0.0101. The minimum absolute atomic E-state index is 0.00933. The molecule has 1 aromatic rings. The molecule has 0 N–H and O–H groups in total. The number of pyridine rings is 1. The number of aliphatic imine (C=N–C) groups is 1. The number of aryl methyl sites for hydroxylation is 1. The molecule has 0 saturated heterocycles. The van der Waals surface area contributed by atoms with Crippen LogP contribution in [0.15, 0.2) is 23.3 Å². The van der Waals surface area contributed by atoms with E-state index < -0.39 is 11.5 Å². The smallest absolute Gasteiger partial charge is 0.327 e. The Hall–Kier alpha value is -2.24. The van der Waals surface area contributed by atoms with Crippen LogP contribution in [0.3, 0.4) is 0 Å². The molecule has 20 heavy (non-hydrogen) atoms. The number of hydroxylamine groups is 2. The van der Waals surface area contributed by atoms with E-state index in [0.29, 0.717) is 11.3 Å². The summed E-state index contributed by atoms with van der Waals surface area (Å²) in [6, 6.07) is 3.24. The number of nitrogens with zero attached hydrogens (tertiary/aromatic N) is 3. The number of aromatic nitrogens is 1. The third-order valence-electron chi connectivity index (χ3n) is 3.60. The molecule has 0 aliphatic carbocycles. The summed E-state index contributed by atoms with van der Waals surface area (Å²) < 4.78 is 0. The van der Waals surface area contributed by atoms with Crippen LogP contribution < -0.4 is 0 Å². The molecule has 0 spiro atoms. The van der Waals surface area contributed by atoms with Gasteiger partial charge in [-0.1, -0.05) is 13.8 Å². The van der Waals surface area contributed by atoms with Crippen molar-refractivity contribution in [1.82, 2.24) is 10.0 Å². The zero-order valence-electron chi connectivity index (χ0n) is 12.0. The van der Waals surface area contributed by atoms with E-state index in [9.17, 15) is 9.59 Å². The van der Waals surface area contributed by atoms with E-state index in [2.05, 4.69) is 9.98 Å². The molecule has 1 aliphatic rings. The van der Waals surface area contributed by atoms with Crippen molar-refractivity contribution in [2.45, 2.75) is 33.2 Å². The van der Waals surface area contributed by atoms with Gasteiger partial charge in [0.05, 0.1) is 11.3 Å². The van der Waals surface area contributed by atoms with Gasteiger partial charge in [-0.25, -0.2) is 4.79 Å². The van der Waals surface area contributed by atoms with Gasteiger partial charge in [-0.3, -0.25) is 14.8 Å². The van der Waals surface area contributed by atoms with Crippen molar-refractivity contribution in [3.63, 3.8) is 0 Å². The van der Waals surface area contributed by atoms with E-state index in [1.54, 1.807) is 32.2 Å². The summed E-state index contributed by atoms with van der Waals surface area (Å²) in [6.45, 7) is 7.21. The van der Waals surface area contributed by atoms with E-state index in [-0.39, 0.29) is 11.8 Å². The summed E-state index contributed by atoms with van der Waals surface area (Å²) >= 11 is 0. The van der Waals surface area contributed by atoms with Crippen LogP contribution in [0.1, 0.15) is 36.8 Å². The van der Waals surface area contributed by atoms with Crippen LogP contribution >= 0.6 is 0 Å². The number of amides is 1. The van der Waals surface area contributed by atoms with Gasteiger partial charge in [-0.2, -0.15) is 0 Å². The molecular weight excluding hydrogens is 258 g/mol. The van der Waals surface area contributed by atoms with Crippen molar-refractivity contribution in [3.05, 3.63) is 29.6 Å². The van der Waals surface area contributed by atoms with Gasteiger partial charge in [-0.05, 0) is 31.9 Å². The third-order valence-corrected chi connectivity index (χ3v) is 3.60. The fourth-order valence-electron chi connectivity index (χ4n) is 1.80. The molecule has 1 aromatic heterocycles. The zero-order chi connectivity index (χ0) is 14.9. The Balaban J connectivity index is 2.14. The molecule has 0 aromatic carbocycles. The second-order valence-corrected chi connectivity index (χ2v) is 5.19. The van der Waals surface area contributed by atoms with Gasteiger partial charge in [0.15, 0.2) is 0 Å². The van der Waals surface area contributed by atoms with Crippen LogP contribution in [0.4, 0.5) is 0 Å². The van der Waals surface area contributed by atoms with Gasteiger partial charge in [0.1, 0.15) is 11.9 Å². The number of carbonyl (C=O) groups excluding carboxylic acids is 2. The van der Waals surface area contributed by atoms with E-state index >= 15 is 0 Å². The monoisotopic (exact) mass is 275 g/mol. The molecule has 0 unspecified atom stereocenters. The van der Waals surface area contributed by atoms with Crippen LogP contribution in [0.2, 0.25) is 0 Å². The Kier molecular flexibility index (Phi) is 3.57. The first kappa shape index (κ1) is 14.2. The van der Waals surface area contributed by atoms with Crippen LogP contribution in [-0.4, -0.2) is 33.8 Å². The molecule has 0 fully saturated rings. The van der Waals surface area contributed by atoms with Crippen molar-refractivity contribution < 1.29 is 14.4 Å². The summed E-state index contributed by atoms with van der Waals surface area (Å²) in [4.78, 5) is 37.5. The second-order valence-electron chi connectivity index (χ2n) is 5.19. The van der Waals surface area contributed by atoms with E-state index in [1.807, 2.05) is 13.8 Å². The molecule has 0 radical (unpaired) electrons. The Morgan fingerprint density at radius 3 is 2.70 bits per heavy atom. The first-order chi connectivity index (χ1) is 9.36. The first-order valence-corrected chi connectivity index (χ1v) is 6.39. The molecule has 106 valence electrons. The maximum atomic E-state index is 12.2. The molecule has 0 saturated carbocycles. The Morgan fingerprint density at radius 2 is 2.15 bits per heavy atom. The summed E-state index contributed by atoms with van der Waals surface area (Å²) in [5.74, 6) is -0.958. The van der Waals surface area contributed by atoms with Crippen LogP contribution in [0.5, 0.6) is 0 Å².